The van der Waals surface area contributed by atoms with Gasteiger partial charge in [0, 0.05) is 18.7 Å². The zero-order valence-corrected chi connectivity index (χ0v) is 14.5. The first-order valence-corrected chi connectivity index (χ1v) is 8.62. The maximum Gasteiger partial charge on any atom is 0.314 e. The van der Waals surface area contributed by atoms with Gasteiger partial charge >= 0.3 is 11.1 Å². The summed E-state index contributed by atoms with van der Waals surface area (Å²) in [7, 11) is 0. The number of aromatic amines is 2. The monoisotopic (exact) mass is 349 g/mol. The van der Waals surface area contributed by atoms with Gasteiger partial charge in [-0.25, -0.2) is 0 Å². The lowest BCUT2D eigenvalue weighted by Gasteiger charge is -2.30. The van der Waals surface area contributed by atoms with E-state index in [1.54, 1.807) is 0 Å². The molecule has 4 rings (SSSR count). The van der Waals surface area contributed by atoms with Crippen LogP contribution < -0.4 is 11.1 Å². The van der Waals surface area contributed by atoms with E-state index in [-0.39, 0.29) is 5.91 Å². The molecule has 0 fully saturated rings. The van der Waals surface area contributed by atoms with Crippen molar-refractivity contribution in [2.24, 2.45) is 0 Å². The van der Waals surface area contributed by atoms with Gasteiger partial charge < -0.3 is 14.9 Å². The number of hydrogen-bond donors (Lipinski definition) is 2. The van der Waals surface area contributed by atoms with Crippen LogP contribution in [-0.2, 0) is 24.2 Å². The van der Waals surface area contributed by atoms with Crippen LogP contribution in [0.1, 0.15) is 22.3 Å². The van der Waals surface area contributed by atoms with Crippen LogP contribution in [0.15, 0.2) is 46.0 Å². The number of aromatic nitrogens is 2. The molecule has 0 bridgehead atoms. The number of rotatable bonds is 2. The highest BCUT2D eigenvalue weighted by molar-refractivity contribution is 5.83. The van der Waals surface area contributed by atoms with E-state index in [9.17, 15) is 14.4 Å². The Kier molecular flexibility index (Phi) is 3.95. The molecule has 0 aliphatic carbocycles. The van der Waals surface area contributed by atoms with E-state index in [0.29, 0.717) is 30.5 Å². The van der Waals surface area contributed by atoms with Crippen molar-refractivity contribution >= 4 is 16.9 Å². The Morgan fingerprint density at radius 3 is 2.58 bits per heavy atom. The average molecular weight is 349 g/mol. The number of nitrogens with one attached hydrogen (secondary N) is 2. The molecule has 0 spiro atoms. The predicted molar refractivity (Wildman–Crippen MR) is 99.2 cm³/mol. The topological polar surface area (TPSA) is 86.0 Å². The minimum atomic E-state index is -0.670. The molecular formula is C20H19N3O3. The number of benzene rings is 2. The van der Waals surface area contributed by atoms with E-state index in [0.717, 1.165) is 28.7 Å². The molecule has 1 aliphatic rings. The zero-order valence-electron chi connectivity index (χ0n) is 14.5. The van der Waals surface area contributed by atoms with Crippen LogP contribution in [0.25, 0.3) is 11.0 Å². The standard InChI is InChI=1S/C20H19N3O3/c1-12-9-16-18(22-20(26)19(25)21-16)15-11-23(8-7-14(12)15)17(24)10-13-5-3-2-4-6-13/h2-6,9H,7-8,10-11H2,1H3,(H,21,25)(H,22,26). The maximum absolute atomic E-state index is 12.7. The highest BCUT2D eigenvalue weighted by Gasteiger charge is 2.24. The predicted octanol–water partition coefficient (Wildman–Crippen LogP) is 1.65. The van der Waals surface area contributed by atoms with E-state index in [1.165, 1.54) is 0 Å². The first-order chi connectivity index (χ1) is 12.5. The first-order valence-electron chi connectivity index (χ1n) is 8.62. The number of H-pyrrole nitrogens is 2. The molecule has 1 aromatic heterocycles. The highest BCUT2D eigenvalue weighted by atomic mass is 16.2. The van der Waals surface area contributed by atoms with Crippen molar-refractivity contribution < 1.29 is 4.79 Å². The van der Waals surface area contributed by atoms with Crippen LogP contribution in [0.4, 0.5) is 0 Å². The SMILES string of the molecule is Cc1cc2[nH]c(=O)c(=O)[nH]c2c2c1CCN(C(=O)Cc1ccccc1)C2. The summed E-state index contributed by atoms with van der Waals surface area (Å²) >= 11 is 0. The summed E-state index contributed by atoms with van der Waals surface area (Å²) in [6, 6.07) is 11.5. The van der Waals surface area contributed by atoms with Gasteiger partial charge in [0.1, 0.15) is 0 Å². The van der Waals surface area contributed by atoms with Crippen molar-refractivity contribution in [3.63, 3.8) is 0 Å². The second-order valence-corrected chi connectivity index (χ2v) is 6.71. The molecule has 132 valence electrons. The van der Waals surface area contributed by atoms with Crippen molar-refractivity contribution in [3.05, 3.63) is 79.4 Å². The molecular weight excluding hydrogens is 330 g/mol. The Balaban J connectivity index is 1.71. The number of aryl methyl sites for hydroxylation is 1. The van der Waals surface area contributed by atoms with Gasteiger partial charge in [0.25, 0.3) is 0 Å². The van der Waals surface area contributed by atoms with Gasteiger partial charge in [0.2, 0.25) is 5.91 Å². The molecule has 0 radical (unpaired) electrons. The Bertz CT molecular complexity index is 1110. The summed E-state index contributed by atoms with van der Waals surface area (Å²) in [6.45, 7) is 3.07. The Morgan fingerprint density at radius 2 is 1.81 bits per heavy atom. The fourth-order valence-corrected chi connectivity index (χ4v) is 3.65. The third kappa shape index (κ3) is 2.83. The van der Waals surface area contributed by atoms with Crippen LogP contribution in [0.2, 0.25) is 0 Å². The van der Waals surface area contributed by atoms with Gasteiger partial charge in [-0.15, -0.1) is 0 Å². The molecule has 0 unspecified atom stereocenters. The number of nitrogens with zero attached hydrogens (tertiary/aromatic N) is 1. The largest absolute Gasteiger partial charge is 0.338 e. The number of carbonyl (C=O) groups excluding carboxylic acids is 1. The van der Waals surface area contributed by atoms with E-state index in [4.69, 9.17) is 0 Å². The van der Waals surface area contributed by atoms with Gasteiger partial charge in [-0.2, -0.15) is 0 Å². The minimum absolute atomic E-state index is 0.0586. The third-order valence-electron chi connectivity index (χ3n) is 5.00. The van der Waals surface area contributed by atoms with Gasteiger partial charge in [-0.3, -0.25) is 14.4 Å². The molecule has 6 heteroatoms. The molecule has 0 atom stereocenters. The fourth-order valence-electron chi connectivity index (χ4n) is 3.65. The summed E-state index contributed by atoms with van der Waals surface area (Å²) in [4.78, 5) is 43.3. The lowest BCUT2D eigenvalue weighted by Crippen LogP contribution is -2.38. The van der Waals surface area contributed by atoms with E-state index < -0.39 is 11.1 Å². The molecule has 2 N–H and O–H groups in total. The Labute approximate surface area is 149 Å². The van der Waals surface area contributed by atoms with Crippen molar-refractivity contribution in [2.45, 2.75) is 26.3 Å². The minimum Gasteiger partial charge on any atom is -0.338 e. The second-order valence-electron chi connectivity index (χ2n) is 6.71. The fraction of sp³-hybridized carbons (Fsp3) is 0.250. The molecule has 0 saturated carbocycles. The first kappa shape index (κ1) is 16.3. The lowest BCUT2D eigenvalue weighted by molar-refractivity contribution is -0.131. The molecule has 0 saturated heterocycles. The van der Waals surface area contributed by atoms with E-state index in [1.807, 2.05) is 48.2 Å². The summed E-state index contributed by atoms with van der Waals surface area (Å²) in [5.74, 6) is 0.0586. The normalized spacial score (nSPS) is 13.7. The lowest BCUT2D eigenvalue weighted by atomic mass is 9.93. The molecule has 1 amide bonds. The second kappa shape index (κ2) is 6.29. The number of fused-ring (bicyclic) bond motifs is 3. The number of amides is 1. The molecule has 1 aliphatic heterocycles. The number of hydrogen-bond acceptors (Lipinski definition) is 3. The summed E-state index contributed by atoms with van der Waals surface area (Å²) in [6.07, 6.45) is 1.09. The molecule has 6 nitrogen and oxygen atoms in total. The van der Waals surface area contributed by atoms with Crippen molar-refractivity contribution in [1.29, 1.82) is 0 Å². The van der Waals surface area contributed by atoms with Gasteiger partial charge in [0.05, 0.1) is 17.5 Å². The van der Waals surface area contributed by atoms with Crippen LogP contribution in [0.5, 0.6) is 0 Å². The Hall–Kier alpha value is -3.15. The van der Waals surface area contributed by atoms with Crippen molar-refractivity contribution in [2.75, 3.05) is 6.54 Å². The van der Waals surface area contributed by atoms with Crippen molar-refractivity contribution in [3.8, 4) is 0 Å². The molecule has 26 heavy (non-hydrogen) atoms. The zero-order chi connectivity index (χ0) is 18.3. The summed E-state index contributed by atoms with van der Waals surface area (Å²) in [5, 5.41) is 0. The molecule has 2 heterocycles. The van der Waals surface area contributed by atoms with Gasteiger partial charge in [0.15, 0.2) is 0 Å². The molecule has 3 aromatic rings. The smallest absolute Gasteiger partial charge is 0.314 e. The third-order valence-corrected chi connectivity index (χ3v) is 5.00. The van der Waals surface area contributed by atoms with Crippen LogP contribution >= 0.6 is 0 Å². The maximum atomic E-state index is 12.7. The van der Waals surface area contributed by atoms with Crippen LogP contribution in [0.3, 0.4) is 0 Å². The van der Waals surface area contributed by atoms with Crippen LogP contribution in [0, 0.1) is 6.92 Å². The van der Waals surface area contributed by atoms with E-state index in [2.05, 4.69) is 9.97 Å². The summed E-state index contributed by atoms with van der Waals surface area (Å²) < 4.78 is 0. The van der Waals surface area contributed by atoms with Crippen LogP contribution in [-0.4, -0.2) is 27.3 Å². The Morgan fingerprint density at radius 1 is 1.08 bits per heavy atom. The van der Waals surface area contributed by atoms with Gasteiger partial charge in [-0.05, 0) is 36.1 Å². The highest BCUT2D eigenvalue weighted by Crippen LogP contribution is 2.28. The van der Waals surface area contributed by atoms with Gasteiger partial charge in [-0.1, -0.05) is 30.3 Å². The van der Waals surface area contributed by atoms with Crippen molar-refractivity contribution in [1.82, 2.24) is 14.9 Å². The number of carbonyl (C=O) groups is 1. The van der Waals surface area contributed by atoms with E-state index >= 15 is 0 Å². The molecule has 2 aromatic carbocycles. The summed E-state index contributed by atoms with van der Waals surface area (Å²) in [5.41, 5.74) is 3.99. The quantitative estimate of drug-likeness (QED) is 0.690. The average Bonchev–Trinajstić information content (AvgIpc) is 2.64.